The van der Waals surface area contributed by atoms with Crippen molar-refractivity contribution in [2.45, 2.75) is 115 Å². The van der Waals surface area contributed by atoms with Gasteiger partial charge in [-0.15, -0.1) is 0 Å². The van der Waals surface area contributed by atoms with E-state index < -0.39 is 18.2 Å². The number of carboxylic acid groups (broad SMARTS) is 1. The highest BCUT2D eigenvalue weighted by Crippen LogP contribution is 2.23. The minimum atomic E-state index is -0.959. The minimum absolute atomic E-state index is 0.0728. The average molecular weight is 367 g/mol. The van der Waals surface area contributed by atoms with E-state index in [1.807, 2.05) is 0 Å². The van der Waals surface area contributed by atoms with E-state index in [1.54, 1.807) is 6.08 Å². The van der Waals surface area contributed by atoms with E-state index in [0.717, 1.165) is 12.8 Å². The maximum Gasteiger partial charge on any atom is 0.335 e. The fraction of sp³-hybridized carbons (Fsp3) is 0.818. The van der Waals surface area contributed by atoms with Crippen molar-refractivity contribution >= 4 is 11.8 Å². The Balaban J connectivity index is 1.79. The van der Waals surface area contributed by atoms with E-state index >= 15 is 0 Å². The normalized spacial score (nSPS) is 19.1. The van der Waals surface area contributed by atoms with Crippen LogP contribution in [0.25, 0.3) is 0 Å². The molecule has 150 valence electrons. The monoisotopic (exact) mass is 366 g/mol. The van der Waals surface area contributed by atoms with Crippen molar-refractivity contribution < 1.29 is 19.4 Å². The smallest absolute Gasteiger partial charge is 0.335 e. The largest absolute Gasteiger partial charge is 0.479 e. The maximum absolute atomic E-state index is 11.7. The van der Waals surface area contributed by atoms with Gasteiger partial charge in [0.1, 0.15) is 6.10 Å². The Labute approximate surface area is 159 Å². The summed E-state index contributed by atoms with van der Waals surface area (Å²) >= 11 is 0. The first-order valence-corrected chi connectivity index (χ1v) is 10.7. The zero-order chi connectivity index (χ0) is 19.0. The van der Waals surface area contributed by atoms with Gasteiger partial charge in [0.2, 0.25) is 0 Å². The summed E-state index contributed by atoms with van der Waals surface area (Å²) < 4.78 is 4.92. The van der Waals surface area contributed by atoms with E-state index in [-0.39, 0.29) is 5.78 Å². The van der Waals surface area contributed by atoms with Gasteiger partial charge in [0, 0.05) is 6.42 Å². The molecule has 0 aromatic carbocycles. The molecule has 2 atom stereocenters. The van der Waals surface area contributed by atoms with Crippen molar-refractivity contribution in [2.24, 2.45) is 0 Å². The molecule has 0 spiro atoms. The number of allylic oxidation sites excluding steroid dienone is 1. The summed E-state index contributed by atoms with van der Waals surface area (Å²) in [6, 6.07) is 0. The van der Waals surface area contributed by atoms with Crippen LogP contribution in [0.2, 0.25) is 0 Å². The molecule has 0 aliphatic carbocycles. The highest BCUT2D eigenvalue weighted by atomic mass is 16.6. The topological polar surface area (TPSA) is 66.9 Å². The number of hydrogen-bond donors (Lipinski definition) is 1. The van der Waals surface area contributed by atoms with E-state index in [4.69, 9.17) is 9.84 Å². The third kappa shape index (κ3) is 12.2. The number of aliphatic carboxylic acids is 1. The Kier molecular flexibility index (Phi) is 13.2. The number of unbranched alkanes of at least 4 members (excludes halogenated alkanes) is 13. The Bertz CT molecular complexity index is 416. The van der Waals surface area contributed by atoms with Crippen LogP contribution >= 0.6 is 0 Å². The third-order valence-corrected chi connectivity index (χ3v) is 5.02. The number of carboxylic acids is 1. The molecule has 0 unspecified atom stereocenters. The molecular formula is C22H38O4. The summed E-state index contributed by atoms with van der Waals surface area (Å²) in [7, 11) is 0. The van der Waals surface area contributed by atoms with Crippen molar-refractivity contribution in [1.29, 1.82) is 0 Å². The molecule has 1 N–H and O–H groups in total. The molecule has 1 fully saturated rings. The second-order valence-corrected chi connectivity index (χ2v) is 7.53. The van der Waals surface area contributed by atoms with Crippen molar-refractivity contribution in [3.05, 3.63) is 12.2 Å². The van der Waals surface area contributed by atoms with Crippen LogP contribution in [-0.2, 0) is 14.3 Å². The highest BCUT2D eigenvalue weighted by Gasteiger charge is 2.43. The molecule has 0 aromatic rings. The molecule has 1 aliphatic heterocycles. The summed E-state index contributed by atoms with van der Waals surface area (Å²) in [5.41, 5.74) is 0. The summed E-state index contributed by atoms with van der Waals surface area (Å²) in [5, 5.41) is 8.69. The number of carbonyl (C=O) groups excluding carboxylic acids is 1. The van der Waals surface area contributed by atoms with E-state index in [9.17, 15) is 9.59 Å². The fourth-order valence-corrected chi connectivity index (χ4v) is 3.25. The lowest BCUT2D eigenvalue weighted by atomic mass is 10.0. The predicted molar refractivity (Wildman–Crippen MR) is 105 cm³/mol. The van der Waals surface area contributed by atoms with Crippen molar-refractivity contribution in [3.63, 3.8) is 0 Å². The van der Waals surface area contributed by atoms with Gasteiger partial charge in [-0.2, -0.15) is 0 Å². The summed E-state index contributed by atoms with van der Waals surface area (Å²) in [6.07, 6.45) is 20.7. The first-order chi connectivity index (χ1) is 12.6. The molecule has 1 heterocycles. The number of rotatable bonds is 18. The Morgan fingerprint density at radius 2 is 1.27 bits per heavy atom. The van der Waals surface area contributed by atoms with Gasteiger partial charge >= 0.3 is 5.97 Å². The zero-order valence-electron chi connectivity index (χ0n) is 16.6. The number of ether oxygens (including phenoxy) is 1. The Hall–Kier alpha value is -1.16. The van der Waals surface area contributed by atoms with Crippen LogP contribution in [0, 0.1) is 0 Å². The van der Waals surface area contributed by atoms with Gasteiger partial charge in [-0.1, -0.05) is 90.4 Å². The molecule has 4 nitrogen and oxygen atoms in total. The third-order valence-electron chi connectivity index (χ3n) is 5.02. The lowest BCUT2D eigenvalue weighted by Crippen LogP contribution is -2.06. The molecular weight excluding hydrogens is 328 g/mol. The van der Waals surface area contributed by atoms with E-state index in [1.165, 1.54) is 83.1 Å². The molecule has 0 saturated carbocycles. The number of hydrogen-bond acceptors (Lipinski definition) is 3. The van der Waals surface area contributed by atoms with Crippen molar-refractivity contribution in [1.82, 2.24) is 0 Å². The summed E-state index contributed by atoms with van der Waals surface area (Å²) in [4.78, 5) is 22.3. The second-order valence-electron chi connectivity index (χ2n) is 7.53. The Morgan fingerprint density at radius 1 is 0.808 bits per heavy atom. The van der Waals surface area contributed by atoms with Crippen molar-refractivity contribution in [3.8, 4) is 0 Å². The first-order valence-electron chi connectivity index (χ1n) is 10.7. The van der Waals surface area contributed by atoms with Crippen LogP contribution in [0.3, 0.4) is 0 Å². The molecule has 0 amide bonds. The summed E-state index contributed by atoms with van der Waals surface area (Å²) in [5.74, 6) is -0.886. The summed E-state index contributed by atoms with van der Waals surface area (Å²) in [6.45, 7) is 2.26. The zero-order valence-corrected chi connectivity index (χ0v) is 16.6. The first kappa shape index (κ1) is 22.9. The van der Waals surface area contributed by atoms with Crippen LogP contribution < -0.4 is 0 Å². The van der Waals surface area contributed by atoms with Gasteiger partial charge in [-0.05, 0) is 18.6 Å². The highest BCUT2D eigenvalue weighted by molar-refractivity contribution is 5.90. The molecule has 26 heavy (non-hydrogen) atoms. The minimum Gasteiger partial charge on any atom is -0.479 e. The van der Waals surface area contributed by atoms with Gasteiger partial charge in [-0.25, -0.2) is 4.79 Å². The lowest BCUT2D eigenvalue weighted by Gasteiger charge is -2.03. The molecule has 0 radical (unpaired) electrons. The SMILES string of the molecule is CCCCCCCCCCCCCCCCC(=O)/C=C/[C@H]1O[C@@H]1C(=O)O. The number of carbonyl (C=O) groups is 2. The average Bonchev–Trinajstić information content (AvgIpc) is 3.40. The molecule has 4 heteroatoms. The van der Waals surface area contributed by atoms with Crippen LogP contribution in [0.1, 0.15) is 103 Å². The van der Waals surface area contributed by atoms with Crippen LogP contribution in [-0.4, -0.2) is 29.1 Å². The fourth-order valence-electron chi connectivity index (χ4n) is 3.25. The van der Waals surface area contributed by atoms with E-state index in [0.29, 0.717) is 6.42 Å². The predicted octanol–water partition coefficient (Wildman–Crippen LogP) is 5.84. The van der Waals surface area contributed by atoms with Gasteiger partial charge < -0.3 is 9.84 Å². The van der Waals surface area contributed by atoms with E-state index in [2.05, 4.69) is 6.92 Å². The second kappa shape index (κ2) is 15.0. The molecule has 0 bridgehead atoms. The Morgan fingerprint density at radius 3 is 1.69 bits per heavy atom. The lowest BCUT2D eigenvalue weighted by molar-refractivity contribution is -0.138. The number of epoxide rings is 1. The molecule has 1 rings (SSSR count). The van der Waals surface area contributed by atoms with Gasteiger partial charge in [0.25, 0.3) is 0 Å². The molecule has 0 aromatic heterocycles. The quantitative estimate of drug-likeness (QED) is 0.188. The van der Waals surface area contributed by atoms with Crippen LogP contribution in [0.15, 0.2) is 12.2 Å². The molecule has 1 saturated heterocycles. The van der Waals surface area contributed by atoms with Crippen LogP contribution in [0.4, 0.5) is 0 Å². The standard InChI is InChI=1S/C22H38O4/c1-2-3-4-5-6-7-8-9-10-11-12-13-14-15-16-19(23)17-18-20-21(26-20)22(24)25/h17-18,20-21H,2-16H2,1H3,(H,24,25)/b18-17+/t20-,21+/m1/s1. The van der Waals surface area contributed by atoms with Gasteiger partial charge in [0.05, 0.1) is 0 Å². The number of ketones is 1. The van der Waals surface area contributed by atoms with Gasteiger partial charge in [0.15, 0.2) is 11.9 Å². The van der Waals surface area contributed by atoms with Gasteiger partial charge in [-0.3, -0.25) is 4.79 Å². The maximum atomic E-state index is 11.7. The molecule has 1 aliphatic rings. The van der Waals surface area contributed by atoms with Crippen molar-refractivity contribution in [2.75, 3.05) is 0 Å². The van der Waals surface area contributed by atoms with Crippen LogP contribution in [0.5, 0.6) is 0 Å².